The Bertz CT molecular complexity index is 1720. The monoisotopic (exact) mass is 551 g/mol. The molecule has 9 heteroatoms. The Hall–Kier alpha value is -5.31. The number of amides is 1. The number of aromatic nitrogens is 2. The first kappa shape index (κ1) is 27.3. The van der Waals surface area contributed by atoms with E-state index in [-0.39, 0.29) is 17.5 Å². The van der Waals surface area contributed by atoms with Crippen molar-refractivity contribution in [2.45, 2.75) is 20.8 Å². The highest BCUT2D eigenvalue weighted by molar-refractivity contribution is 6.02. The average Bonchev–Trinajstić information content (AvgIpc) is 3.62. The number of hydrogen-bond donors (Lipinski definition) is 1. The van der Waals surface area contributed by atoms with Crippen LogP contribution in [-0.2, 0) is 4.79 Å². The number of ether oxygens (including phenoxy) is 3. The third-order valence-corrected chi connectivity index (χ3v) is 6.50. The van der Waals surface area contributed by atoms with E-state index in [9.17, 15) is 9.59 Å². The molecule has 208 valence electrons. The number of benzene rings is 3. The minimum atomic E-state index is -0.493. The third-order valence-electron chi connectivity index (χ3n) is 6.50. The van der Waals surface area contributed by atoms with Gasteiger partial charge in [-0.15, -0.1) is 0 Å². The number of hydrogen-bond acceptors (Lipinski definition) is 7. The Morgan fingerprint density at radius 2 is 1.71 bits per heavy atom. The highest BCUT2D eigenvalue weighted by atomic mass is 16.5. The van der Waals surface area contributed by atoms with E-state index in [1.165, 1.54) is 13.2 Å². The molecule has 3 aromatic carbocycles. The molecule has 0 aliphatic carbocycles. The van der Waals surface area contributed by atoms with Crippen molar-refractivity contribution in [3.8, 4) is 45.5 Å². The summed E-state index contributed by atoms with van der Waals surface area (Å²) < 4.78 is 23.8. The molecule has 0 bridgehead atoms. The molecular weight excluding hydrogens is 522 g/mol. The largest absolute Gasteiger partial charge is 0.497 e. The van der Waals surface area contributed by atoms with E-state index in [1.807, 2.05) is 56.3 Å². The number of anilines is 1. The second kappa shape index (κ2) is 11.4. The molecule has 41 heavy (non-hydrogen) atoms. The van der Waals surface area contributed by atoms with Gasteiger partial charge in [0.2, 0.25) is 5.88 Å². The second-order valence-corrected chi connectivity index (χ2v) is 9.40. The van der Waals surface area contributed by atoms with Gasteiger partial charge in [0.15, 0.2) is 5.76 Å². The van der Waals surface area contributed by atoms with Crippen LogP contribution in [-0.4, -0.2) is 35.9 Å². The lowest BCUT2D eigenvalue weighted by Crippen LogP contribution is -2.10. The maximum absolute atomic E-state index is 12.5. The van der Waals surface area contributed by atoms with Gasteiger partial charge in [0, 0.05) is 24.2 Å². The van der Waals surface area contributed by atoms with Crippen LogP contribution in [0.2, 0.25) is 0 Å². The van der Waals surface area contributed by atoms with Crippen LogP contribution >= 0.6 is 0 Å². The smallest absolute Gasteiger partial charge is 0.309 e. The highest BCUT2D eigenvalue weighted by Crippen LogP contribution is 2.45. The predicted molar refractivity (Wildman–Crippen MR) is 155 cm³/mol. The van der Waals surface area contributed by atoms with Crippen LogP contribution in [0.1, 0.15) is 28.6 Å². The first-order chi connectivity index (χ1) is 19.8. The zero-order valence-electron chi connectivity index (χ0n) is 23.3. The van der Waals surface area contributed by atoms with Crippen molar-refractivity contribution < 1.29 is 28.2 Å². The second-order valence-electron chi connectivity index (χ2n) is 9.40. The molecule has 0 unspecified atom stereocenters. The van der Waals surface area contributed by atoms with E-state index >= 15 is 0 Å². The molecule has 5 aromatic rings. The maximum Gasteiger partial charge on any atom is 0.309 e. The van der Waals surface area contributed by atoms with Crippen LogP contribution in [0.5, 0.6) is 17.4 Å². The molecule has 2 heterocycles. The summed E-state index contributed by atoms with van der Waals surface area (Å²) in [7, 11) is 3.16. The minimum Gasteiger partial charge on any atom is -0.497 e. The standard InChI is InChI=1S/C32H29N3O6/c1-19-8-15-26(20(2)17-19)35-32(41-21(3)36)29(30(34-35)25-14-13-24(38-4)18-28(25)39-5)22-9-11-23(12-10-22)33-31(37)27-7-6-16-40-27/h6-18H,1-5H3,(H,33,37). The average molecular weight is 552 g/mol. The molecule has 0 aliphatic rings. The molecule has 5 rings (SSSR count). The van der Waals surface area contributed by atoms with E-state index in [0.29, 0.717) is 39.6 Å². The molecular formula is C32H29N3O6. The van der Waals surface area contributed by atoms with Gasteiger partial charge in [0.05, 0.1) is 31.7 Å². The fourth-order valence-electron chi connectivity index (χ4n) is 4.60. The topological polar surface area (TPSA) is 105 Å². The van der Waals surface area contributed by atoms with E-state index < -0.39 is 5.97 Å². The van der Waals surface area contributed by atoms with Crippen molar-refractivity contribution in [3.63, 3.8) is 0 Å². The minimum absolute atomic E-state index is 0.204. The number of aryl methyl sites for hydroxylation is 2. The SMILES string of the molecule is COc1ccc(-c2nn(-c3ccc(C)cc3C)c(OC(C)=O)c2-c2ccc(NC(=O)c3ccco3)cc2)c(OC)c1. The summed E-state index contributed by atoms with van der Waals surface area (Å²) in [5.41, 5.74) is 5.87. The molecule has 1 N–H and O–H groups in total. The molecule has 0 aliphatic heterocycles. The van der Waals surface area contributed by atoms with Gasteiger partial charge in [-0.05, 0) is 67.4 Å². The quantitative estimate of drug-likeness (QED) is 0.216. The molecule has 2 aromatic heterocycles. The van der Waals surface area contributed by atoms with E-state index in [4.69, 9.17) is 23.7 Å². The summed E-state index contributed by atoms with van der Waals surface area (Å²) in [6.45, 7) is 5.34. The Morgan fingerprint density at radius 3 is 2.34 bits per heavy atom. The predicted octanol–water partition coefficient (Wildman–Crippen LogP) is 6.61. The zero-order valence-corrected chi connectivity index (χ0v) is 23.3. The maximum atomic E-state index is 12.5. The molecule has 1 amide bonds. The fourth-order valence-corrected chi connectivity index (χ4v) is 4.60. The van der Waals surface area contributed by atoms with Crippen LogP contribution in [0, 0.1) is 13.8 Å². The number of esters is 1. The van der Waals surface area contributed by atoms with Crippen molar-refractivity contribution in [1.29, 1.82) is 0 Å². The fraction of sp³-hybridized carbons (Fsp3) is 0.156. The number of carbonyl (C=O) groups excluding carboxylic acids is 2. The number of methoxy groups -OCH3 is 2. The normalized spacial score (nSPS) is 10.8. The summed E-state index contributed by atoms with van der Waals surface area (Å²) in [5, 5.41) is 7.79. The summed E-state index contributed by atoms with van der Waals surface area (Å²) in [4.78, 5) is 24.9. The lowest BCUT2D eigenvalue weighted by molar-refractivity contribution is -0.132. The number of nitrogens with zero attached hydrogens (tertiary/aromatic N) is 2. The van der Waals surface area contributed by atoms with Gasteiger partial charge in [-0.25, -0.2) is 0 Å². The molecule has 0 saturated heterocycles. The van der Waals surface area contributed by atoms with Gasteiger partial charge >= 0.3 is 5.97 Å². The van der Waals surface area contributed by atoms with E-state index in [0.717, 1.165) is 16.8 Å². The summed E-state index contributed by atoms with van der Waals surface area (Å²) >= 11 is 0. The van der Waals surface area contributed by atoms with Gasteiger partial charge in [0.25, 0.3) is 5.91 Å². The first-order valence-electron chi connectivity index (χ1n) is 12.9. The van der Waals surface area contributed by atoms with Gasteiger partial charge in [-0.1, -0.05) is 29.8 Å². The molecule has 0 saturated carbocycles. The Kier molecular flexibility index (Phi) is 7.60. The lowest BCUT2D eigenvalue weighted by atomic mass is 10.00. The van der Waals surface area contributed by atoms with Gasteiger partial charge in [-0.2, -0.15) is 9.78 Å². The van der Waals surface area contributed by atoms with Crippen LogP contribution < -0.4 is 19.5 Å². The molecule has 0 radical (unpaired) electrons. The van der Waals surface area contributed by atoms with Crippen molar-refractivity contribution in [2.24, 2.45) is 0 Å². The van der Waals surface area contributed by atoms with Crippen LogP contribution in [0.4, 0.5) is 5.69 Å². The van der Waals surface area contributed by atoms with Crippen LogP contribution in [0.25, 0.3) is 28.1 Å². The van der Waals surface area contributed by atoms with Gasteiger partial charge in [0.1, 0.15) is 17.2 Å². The first-order valence-corrected chi connectivity index (χ1v) is 12.9. The van der Waals surface area contributed by atoms with Crippen LogP contribution in [0.15, 0.2) is 83.5 Å². The van der Waals surface area contributed by atoms with Gasteiger partial charge < -0.3 is 23.9 Å². The molecule has 0 atom stereocenters. The molecule has 0 spiro atoms. The van der Waals surface area contributed by atoms with Crippen molar-refractivity contribution in [3.05, 3.63) is 95.9 Å². The zero-order chi connectivity index (χ0) is 29.1. The number of furan rings is 1. The Balaban J connectivity index is 1.70. The summed E-state index contributed by atoms with van der Waals surface area (Å²) in [6, 6.07) is 21.8. The summed E-state index contributed by atoms with van der Waals surface area (Å²) in [6.07, 6.45) is 1.44. The Morgan fingerprint density at radius 1 is 0.927 bits per heavy atom. The molecule has 0 fully saturated rings. The van der Waals surface area contributed by atoms with E-state index in [2.05, 4.69) is 5.32 Å². The van der Waals surface area contributed by atoms with Crippen molar-refractivity contribution in [1.82, 2.24) is 9.78 Å². The van der Waals surface area contributed by atoms with Crippen molar-refractivity contribution >= 4 is 17.6 Å². The highest BCUT2D eigenvalue weighted by Gasteiger charge is 2.27. The Labute approximate surface area is 237 Å². The van der Waals surface area contributed by atoms with Crippen molar-refractivity contribution in [2.75, 3.05) is 19.5 Å². The summed E-state index contributed by atoms with van der Waals surface area (Å²) in [5.74, 6) is 0.757. The number of nitrogens with one attached hydrogen (secondary N) is 1. The van der Waals surface area contributed by atoms with E-state index in [1.54, 1.807) is 49.2 Å². The number of carbonyl (C=O) groups is 2. The molecule has 9 nitrogen and oxygen atoms in total. The van der Waals surface area contributed by atoms with Gasteiger partial charge in [-0.3, -0.25) is 9.59 Å². The lowest BCUT2D eigenvalue weighted by Gasteiger charge is -2.12. The third kappa shape index (κ3) is 5.56. The van der Waals surface area contributed by atoms with Crippen LogP contribution in [0.3, 0.4) is 0 Å². The number of rotatable bonds is 8.